The number of nitrogens with zero attached hydrogens (tertiary/aromatic N) is 1. The van der Waals surface area contributed by atoms with Gasteiger partial charge >= 0.3 is 0 Å². The van der Waals surface area contributed by atoms with Crippen molar-refractivity contribution in [3.05, 3.63) is 59.9 Å². The normalized spacial score (nSPS) is 10.7. The Balaban J connectivity index is 1.87. The van der Waals surface area contributed by atoms with E-state index in [1.807, 2.05) is 0 Å². The molecule has 0 amide bonds. The molecule has 0 saturated carbocycles. The zero-order chi connectivity index (χ0) is 12.6. The van der Waals surface area contributed by atoms with E-state index in [4.69, 9.17) is 0 Å². The first-order chi connectivity index (χ1) is 8.90. The van der Waals surface area contributed by atoms with Crippen LogP contribution in [0.5, 0.6) is 0 Å². The van der Waals surface area contributed by atoms with Crippen LogP contribution in [0.15, 0.2) is 48.7 Å². The Morgan fingerprint density at radius 1 is 0.889 bits per heavy atom. The molecule has 0 radical (unpaired) electrons. The van der Waals surface area contributed by atoms with Crippen molar-refractivity contribution in [2.45, 2.75) is 45.6 Å². The minimum atomic E-state index is 1.10. The number of hydrogen-bond acceptors (Lipinski definition) is 0. The topological polar surface area (TPSA) is 4.93 Å². The van der Waals surface area contributed by atoms with Crippen molar-refractivity contribution in [2.75, 3.05) is 0 Å². The van der Waals surface area contributed by atoms with Crippen molar-refractivity contribution in [3.63, 3.8) is 0 Å². The van der Waals surface area contributed by atoms with E-state index in [-0.39, 0.29) is 0 Å². The zero-order valence-electron chi connectivity index (χ0n) is 11.3. The van der Waals surface area contributed by atoms with Crippen LogP contribution in [-0.4, -0.2) is 4.57 Å². The largest absolute Gasteiger partial charge is 0.351 e. The van der Waals surface area contributed by atoms with E-state index < -0.39 is 0 Å². The second-order valence-corrected chi connectivity index (χ2v) is 4.89. The van der Waals surface area contributed by atoms with Gasteiger partial charge in [0.2, 0.25) is 0 Å². The van der Waals surface area contributed by atoms with Crippen LogP contribution in [0.25, 0.3) is 0 Å². The second-order valence-electron chi connectivity index (χ2n) is 4.89. The molecule has 0 unspecified atom stereocenters. The number of benzene rings is 1. The molecule has 96 valence electrons. The maximum atomic E-state index is 2.41. The van der Waals surface area contributed by atoms with Crippen molar-refractivity contribution < 1.29 is 0 Å². The Kier molecular flexibility index (Phi) is 5.07. The maximum absolute atomic E-state index is 2.41. The quantitative estimate of drug-likeness (QED) is 0.631. The predicted molar refractivity (Wildman–Crippen MR) is 77.8 cm³/mol. The van der Waals surface area contributed by atoms with E-state index in [0.717, 1.165) is 13.0 Å². The zero-order valence-corrected chi connectivity index (χ0v) is 11.3. The first-order valence-corrected chi connectivity index (χ1v) is 7.08. The Hall–Kier alpha value is -1.50. The van der Waals surface area contributed by atoms with Crippen LogP contribution >= 0.6 is 0 Å². The minimum absolute atomic E-state index is 1.10. The Labute approximate surface area is 110 Å². The highest BCUT2D eigenvalue weighted by Crippen LogP contribution is 2.10. The van der Waals surface area contributed by atoms with Gasteiger partial charge in [0.05, 0.1) is 0 Å². The lowest BCUT2D eigenvalue weighted by Gasteiger charge is -2.09. The summed E-state index contributed by atoms with van der Waals surface area (Å²) in [5.41, 5.74) is 2.91. The van der Waals surface area contributed by atoms with Gasteiger partial charge in [-0.25, -0.2) is 0 Å². The number of unbranched alkanes of at least 4 members (excludes halogenated alkanes) is 2. The van der Waals surface area contributed by atoms with Crippen molar-refractivity contribution in [3.8, 4) is 0 Å². The van der Waals surface area contributed by atoms with Crippen LogP contribution in [0, 0.1) is 0 Å². The first kappa shape index (κ1) is 12.9. The van der Waals surface area contributed by atoms with Crippen molar-refractivity contribution >= 4 is 0 Å². The van der Waals surface area contributed by atoms with Gasteiger partial charge in [-0.3, -0.25) is 0 Å². The highest BCUT2D eigenvalue weighted by atomic mass is 15.0. The minimum Gasteiger partial charge on any atom is -0.351 e. The average molecular weight is 241 g/mol. The molecule has 0 aliphatic heterocycles. The monoisotopic (exact) mass is 241 g/mol. The Morgan fingerprint density at radius 3 is 2.50 bits per heavy atom. The van der Waals surface area contributed by atoms with E-state index in [1.165, 1.54) is 36.9 Å². The van der Waals surface area contributed by atoms with Crippen LogP contribution in [-0.2, 0) is 19.4 Å². The average Bonchev–Trinajstić information content (AvgIpc) is 2.86. The smallest absolute Gasteiger partial charge is 0.0262 e. The summed E-state index contributed by atoms with van der Waals surface area (Å²) in [6.07, 6.45) is 8.50. The van der Waals surface area contributed by atoms with Gasteiger partial charge in [0, 0.05) is 18.4 Å². The summed E-state index contributed by atoms with van der Waals surface area (Å²) < 4.78 is 2.41. The van der Waals surface area contributed by atoms with E-state index in [0.29, 0.717) is 0 Å². The molecular formula is C17H23N. The van der Waals surface area contributed by atoms with Gasteiger partial charge in [-0.2, -0.15) is 0 Å². The number of hydrogen-bond donors (Lipinski definition) is 0. The summed E-state index contributed by atoms with van der Waals surface area (Å²) in [7, 11) is 0. The summed E-state index contributed by atoms with van der Waals surface area (Å²) in [4.78, 5) is 0. The molecule has 1 heteroatoms. The van der Waals surface area contributed by atoms with Crippen LogP contribution < -0.4 is 0 Å². The molecule has 0 bridgehead atoms. The predicted octanol–water partition coefficient (Wildman–Crippen LogP) is 4.46. The summed E-state index contributed by atoms with van der Waals surface area (Å²) in [5, 5.41) is 0. The van der Waals surface area contributed by atoms with Gasteiger partial charge in [0.1, 0.15) is 0 Å². The Morgan fingerprint density at radius 2 is 1.72 bits per heavy atom. The first-order valence-electron chi connectivity index (χ1n) is 7.08. The summed E-state index contributed by atoms with van der Waals surface area (Å²) in [5.74, 6) is 0. The summed E-state index contributed by atoms with van der Waals surface area (Å²) >= 11 is 0. The Bertz CT molecular complexity index is 442. The van der Waals surface area contributed by atoms with E-state index in [9.17, 15) is 0 Å². The van der Waals surface area contributed by atoms with Gasteiger partial charge < -0.3 is 4.57 Å². The van der Waals surface area contributed by atoms with E-state index in [1.54, 1.807) is 0 Å². The van der Waals surface area contributed by atoms with Crippen molar-refractivity contribution in [2.24, 2.45) is 0 Å². The molecule has 0 atom stereocenters. The lowest BCUT2D eigenvalue weighted by molar-refractivity contribution is 0.630. The molecule has 2 aromatic rings. The molecule has 0 saturated heterocycles. The SMILES string of the molecule is CCCCCc1cccn1CCc1ccccc1. The van der Waals surface area contributed by atoms with Crippen molar-refractivity contribution in [1.82, 2.24) is 4.57 Å². The molecule has 1 aromatic carbocycles. The van der Waals surface area contributed by atoms with Crippen LogP contribution in [0.3, 0.4) is 0 Å². The number of aromatic nitrogens is 1. The molecule has 1 heterocycles. The second kappa shape index (κ2) is 7.05. The highest BCUT2D eigenvalue weighted by Gasteiger charge is 2.01. The molecule has 1 aromatic heterocycles. The van der Waals surface area contributed by atoms with Gasteiger partial charge in [0.15, 0.2) is 0 Å². The van der Waals surface area contributed by atoms with Crippen LogP contribution in [0.4, 0.5) is 0 Å². The third-order valence-electron chi connectivity index (χ3n) is 3.44. The molecule has 0 fully saturated rings. The van der Waals surface area contributed by atoms with E-state index in [2.05, 4.69) is 60.2 Å². The third kappa shape index (κ3) is 3.76. The van der Waals surface area contributed by atoms with Gasteiger partial charge in [-0.05, 0) is 37.0 Å². The highest BCUT2D eigenvalue weighted by molar-refractivity contribution is 5.15. The fourth-order valence-corrected chi connectivity index (χ4v) is 2.34. The third-order valence-corrected chi connectivity index (χ3v) is 3.44. The van der Waals surface area contributed by atoms with Gasteiger partial charge in [-0.15, -0.1) is 0 Å². The van der Waals surface area contributed by atoms with Crippen LogP contribution in [0.1, 0.15) is 37.4 Å². The lowest BCUT2D eigenvalue weighted by atomic mass is 10.1. The molecule has 2 rings (SSSR count). The summed E-state index contributed by atoms with van der Waals surface area (Å²) in [6.45, 7) is 3.35. The fraction of sp³-hybridized carbons (Fsp3) is 0.412. The standard InChI is InChI=1S/C17H23N/c1-2-3-5-11-17-12-8-14-18(17)15-13-16-9-6-4-7-10-16/h4,6-10,12,14H,2-3,5,11,13,15H2,1H3. The fourth-order valence-electron chi connectivity index (χ4n) is 2.34. The number of aryl methyl sites for hydroxylation is 3. The number of rotatable bonds is 7. The molecule has 0 N–H and O–H groups in total. The molecule has 0 aliphatic rings. The van der Waals surface area contributed by atoms with Crippen molar-refractivity contribution in [1.29, 1.82) is 0 Å². The molecule has 0 spiro atoms. The van der Waals surface area contributed by atoms with E-state index >= 15 is 0 Å². The molecule has 18 heavy (non-hydrogen) atoms. The molecule has 0 aliphatic carbocycles. The van der Waals surface area contributed by atoms with Crippen LogP contribution in [0.2, 0.25) is 0 Å². The molecular weight excluding hydrogens is 218 g/mol. The van der Waals surface area contributed by atoms with Gasteiger partial charge in [0.25, 0.3) is 0 Å². The molecule has 1 nitrogen and oxygen atoms in total. The summed E-state index contributed by atoms with van der Waals surface area (Å²) in [6, 6.07) is 15.2. The van der Waals surface area contributed by atoms with Gasteiger partial charge in [-0.1, -0.05) is 50.1 Å². The maximum Gasteiger partial charge on any atom is 0.0262 e. The lowest BCUT2D eigenvalue weighted by Crippen LogP contribution is -2.04.